The average Bonchev–Trinajstić information content (AvgIpc) is 3.79. The minimum absolute atomic E-state index is 0.0460. The van der Waals surface area contributed by atoms with E-state index in [-0.39, 0.29) is 54.3 Å². The Morgan fingerprint density at radius 1 is 0.978 bits per heavy atom. The number of hydrogen-bond acceptors (Lipinski definition) is 9. The van der Waals surface area contributed by atoms with Gasteiger partial charge in [0.15, 0.2) is 0 Å². The van der Waals surface area contributed by atoms with E-state index in [2.05, 4.69) is 29.8 Å². The van der Waals surface area contributed by atoms with Crippen molar-refractivity contribution < 1.29 is 33.4 Å². The number of carbonyl (C=O) groups is 5. The molecule has 4 aliphatic rings. The Balaban J connectivity index is 1.40. The maximum atomic E-state index is 14.2. The summed E-state index contributed by atoms with van der Waals surface area (Å²) in [4.78, 5) is 66.3. The number of hydrogen-bond donors (Lipinski definition) is 4. The van der Waals surface area contributed by atoms with Crippen molar-refractivity contribution in [1.29, 1.82) is 0 Å². The third kappa shape index (κ3) is 8.55. The van der Waals surface area contributed by atoms with E-state index in [1.54, 1.807) is 4.90 Å². The van der Waals surface area contributed by atoms with Crippen LogP contribution in [0.15, 0.2) is 0 Å². The number of likely N-dealkylation sites (tertiary alicyclic amines) is 1. The van der Waals surface area contributed by atoms with Crippen LogP contribution in [0.4, 0.5) is 4.79 Å². The Bertz CT molecular complexity index is 1130. The Kier molecular flexibility index (Phi) is 10.9. The molecular formula is C33H55N5O7. The van der Waals surface area contributed by atoms with Crippen LogP contribution in [-0.2, 0) is 28.7 Å². The number of ether oxygens (including phenoxy) is 2. The van der Waals surface area contributed by atoms with E-state index in [9.17, 15) is 24.0 Å². The van der Waals surface area contributed by atoms with E-state index >= 15 is 0 Å². The highest BCUT2D eigenvalue weighted by molar-refractivity contribution is 6.37. The van der Waals surface area contributed by atoms with Gasteiger partial charge in [-0.2, -0.15) is 0 Å². The smallest absolute Gasteiger partial charge is 0.434 e. The van der Waals surface area contributed by atoms with Gasteiger partial charge in [0.1, 0.15) is 12.6 Å². The van der Waals surface area contributed by atoms with Crippen LogP contribution >= 0.6 is 0 Å². The summed E-state index contributed by atoms with van der Waals surface area (Å²) in [5.74, 6) is -1.47. The van der Waals surface area contributed by atoms with E-state index in [1.165, 1.54) is 0 Å². The van der Waals surface area contributed by atoms with Crippen LogP contribution in [0.25, 0.3) is 0 Å². The van der Waals surface area contributed by atoms with E-state index in [1.807, 2.05) is 34.6 Å². The van der Waals surface area contributed by atoms with Gasteiger partial charge in [0.05, 0.1) is 18.7 Å². The molecule has 0 aromatic heterocycles. The number of ketones is 1. The highest BCUT2D eigenvalue weighted by Crippen LogP contribution is 2.65. The molecule has 1 heterocycles. The Morgan fingerprint density at radius 3 is 2.18 bits per heavy atom. The molecule has 6 atom stereocenters. The minimum Gasteiger partial charge on any atom is -0.434 e. The molecule has 45 heavy (non-hydrogen) atoms. The molecule has 0 aromatic rings. The largest absolute Gasteiger partial charge is 0.508 e. The predicted molar refractivity (Wildman–Crippen MR) is 167 cm³/mol. The quantitative estimate of drug-likeness (QED) is 0.113. The van der Waals surface area contributed by atoms with Crippen molar-refractivity contribution in [1.82, 2.24) is 20.9 Å². The molecule has 254 valence electrons. The van der Waals surface area contributed by atoms with Crippen LogP contribution in [0.3, 0.4) is 0 Å². The van der Waals surface area contributed by atoms with Gasteiger partial charge in [0, 0.05) is 19.3 Å². The summed E-state index contributed by atoms with van der Waals surface area (Å²) in [6.45, 7) is 15.4. The fraction of sp³-hybridized carbons (Fsp3) is 0.848. The van der Waals surface area contributed by atoms with Crippen molar-refractivity contribution in [2.45, 2.75) is 111 Å². The maximum absolute atomic E-state index is 14.2. The van der Waals surface area contributed by atoms with Crippen molar-refractivity contribution in [3.05, 3.63) is 0 Å². The van der Waals surface area contributed by atoms with Gasteiger partial charge in [-0.05, 0) is 59.7 Å². The van der Waals surface area contributed by atoms with E-state index < -0.39 is 47.3 Å². The molecule has 4 rings (SSSR count). The summed E-state index contributed by atoms with van der Waals surface area (Å²) >= 11 is 0. The van der Waals surface area contributed by atoms with E-state index in [4.69, 9.17) is 15.2 Å². The number of Topliss-reactive ketones (excluding diaryl/α,β-unsaturated/α-hetero) is 1. The topological polar surface area (TPSA) is 169 Å². The highest BCUT2D eigenvalue weighted by atomic mass is 16.7. The number of fused-ring (bicyclic) bond motifs is 1. The van der Waals surface area contributed by atoms with Crippen LogP contribution in [0.2, 0.25) is 0 Å². The van der Waals surface area contributed by atoms with E-state index in [0.717, 1.165) is 32.1 Å². The standard InChI is InChI=1S/C33H55N5O7/c1-18(2)23(16-45-31(43)44-15-20-11-12-20)35-17-36-27(32(3,4)5)30(42)38-14-21-24(33(21,6)7)25(38)29(41)37-22(26(39)28(34)40)13-19-9-8-10-19/h18-25,27,35-36H,8-17H2,1-7H3,(H2,34,40)(H,37,41)/t21?,22?,23-,24+,25?,27?/m1/s1. The van der Waals surface area contributed by atoms with Gasteiger partial charge in [-0.25, -0.2) is 4.79 Å². The third-order valence-corrected chi connectivity index (χ3v) is 10.5. The number of carbonyl (C=O) groups excluding carboxylic acids is 5. The van der Waals surface area contributed by atoms with Gasteiger partial charge in [0.2, 0.25) is 17.6 Å². The van der Waals surface area contributed by atoms with E-state index in [0.29, 0.717) is 25.5 Å². The van der Waals surface area contributed by atoms with Crippen LogP contribution in [0, 0.1) is 40.4 Å². The lowest BCUT2D eigenvalue weighted by Gasteiger charge is -2.38. The molecule has 12 heteroatoms. The molecule has 0 aromatic carbocycles. The fourth-order valence-electron chi connectivity index (χ4n) is 6.91. The van der Waals surface area contributed by atoms with Crippen LogP contribution in [0.5, 0.6) is 0 Å². The van der Waals surface area contributed by atoms with Crippen LogP contribution < -0.4 is 21.7 Å². The number of nitrogens with one attached hydrogen (secondary N) is 3. The van der Waals surface area contributed by atoms with Gasteiger partial charge in [-0.15, -0.1) is 0 Å². The fourth-order valence-corrected chi connectivity index (χ4v) is 6.91. The monoisotopic (exact) mass is 633 g/mol. The lowest BCUT2D eigenvalue weighted by atomic mass is 9.80. The summed E-state index contributed by atoms with van der Waals surface area (Å²) < 4.78 is 10.5. The molecular weight excluding hydrogens is 578 g/mol. The van der Waals surface area contributed by atoms with Gasteiger partial charge in [-0.1, -0.05) is 67.7 Å². The van der Waals surface area contributed by atoms with Gasteiger partial charge >= 0.3 is 6.16 Å². The summed E-state index contributed by atoms with van der Waals surface area (Å²) in [6, 6.07) is -2.53. The van der Waals surface area contributed by atoms with Gasteiger partial charge < -0.3 is 25.4 Å². The second kappa shape index (κ2) is 13.9. The highest BCUT2D eigenvalue weighted by Gasteiger charge is 2.69. The van der Waals surface area contributed by atoms with Crippen LogP contribution in [0.1, 0.15) is 87.0 Å². The number of amides is 3. The van der Waals surface area contributed by atoms with Crippen molar-refractivity contribution in [3.63, 3.8) is 0 Å². The summed E-state index contributed by atoms with van der Waals surface area (Å²) in [6.07, 6.45) is 4.84. The second-order valence-corrected chi connectivity index (χ2v) is 15.8. The lowest BCUT2D eigenvalue weighted by molar-refractivity contribution is -0.145. The first-order valence-corrected chi connectivity index (χ1v) is 16.7. The van der Waals surface area contributed by atoms with Crippen molar-refractivity contribution in [2.24, 2.45) is 46.2 Å². The molecule has 3 aliphatic carbocycles. The minimum atomic E-state index is -1.06. The first kappa shape index (κ1) is 35.1. The van der Waals surface area contributed by atoms with Gasteiger partial charge in [0.25, 0.3) is 5.91 Å². The summed E-state index contributed by atoms with van der Waals surface area (Å²) in [5.41, 5.74) is 4.73. The Labute approximate surface area is 267 Å². The zero-order valence-electron chi connectivity index (χ0n) is 28.1. The summed E-state index contributed by atoms with van der Waals surface area (Å²) in [5, 5.41) is 9.57. The third-order valence-electron chi connectivity index (χ3n) is 10.5. The molecule has 1 aliphatic heterocycles. The van der Waals surface area contributed by atoms with Crippen LogP contribution in [-0.4, -0.2) is 85.2 Å². The number of primary amides is 1. The molecule has 3 amide bonds. The van der Waals surface area contributed by atoms with Crippen molar-refractivity contribution in [3.8, 4) is 0 Å². The van der Waals surface area contributed by atoms with Crippen molar-refractivity contribution in [2.75, 3.05) is 26.4 Å². The van der Waals surface area contributed by atoms with Gasteiger partial charge in [-0.3, -0.25) is 29.8 Å². The first-order valence-electron chi connectivity index (χ1n) is 16.7. The number of nitrogens with zero attached hydrogens (tertiary/aromatic N) is 1. The number of piperidine rings is 1. The second-order valence-electron chi connectivity index (χ2n) is 15.8. The zero-order chi connectivity index (χ0) is 33.3. The normalized spacial score (nSPS) is 25.9. The lowest BCUT2D eigenvalue weighted by Crippen LogP contribution is -2.61. The predicted octanol–water partition coefficient (Wildman–Crippen LogP) is 2.34. The molecule has 0 radical (unpaired) electrons. The zero-order valence-corrected chi connectivity index (χ0v) is 28.1. The average molecular weight is 634 g/mol. The molecule has 4 fully saturated rings. The van der Waals surface area contributed by atoms with Crippen molar-refractivity contribution >= 4 is 29.7 Å². The molecule has 1 saturated heterocycles. The Morgan fingerprint density at radius 2 is 1.64 bits per heavy atom. The Hall–Kier alpha value is -2.73. The molecule has 0 spiro atoms. The molecule has 3 saturated carbocycles. The first-order chi connectivity index (χ1) is 21.0. The maximum Gasteiger partial charge on any atom is 0.508 e. The number of nitrogens with two attached hydrogens (primary N) is 1. The number of rotatable bonds is 16. The summed E-state index contributed by atoms with van der Waals surface area (Å²) in [7, 11) is 0. The molecule has 5 N–H and O–H groups in total. The molecule has 0 bridgehead atoms. The molecule has 4 unspecified atom stereocenters. The molecule has 12 nitrogen and oxygen atoms in total. The SMILES string of the molecule is CC(C)[C@@H](COC(=O)OCC1CC1)NCNC(C(=O)N1CC2[C@@H](C1C(=O)NC(CC1CCC1)C(=O)C(N)=O)C2(C)C)C(C)(C)C.